The quantitative estimate of drug-likeness (QED) is 0.828. The predicted molar refractivity (Wildman–Crippen MR) is 81.5 cm³/mol. The molecule has 0 unspecified atom stereocenters. The van der Waals surface area contributed by atoms with Crippen molar-refractivity contribution in [3.05, 3.63) is 47.0 Å². The van der Waals surface area contributed by atoms with Crippen LogP contribution in [0.5, 0.6) is 11.5 Å². The molecule has 0 saturated heterocycles. The number of carboxylic acid groups (broad SMARTS) is 1. The number of nitrogens with zero attached hydrogens (tertiary/aromatic N) is 1. The minimum absolute atomic E-state index is 0.417. The van der Waals surface area contributed by atoms with Crippen LogP contribution in [0.2, 0.25) is 5.02 Å². The summed E-state index contributed by atoms with van der Waals surface area (Å²) in [6.07, 6.45) is -0.346. The van der Waals surface area contributed by atoms with E-state index in [1.165, 1.54) is 4.90 Å². The first-order chi connectivity index (χ1) is 10.1. The highest BCUT2D eigenvalue weighted by atomic mass is 35.5. The number of anilines is 2. The van der Waals surface area contributed by atoms with E-state index in [0.717, 1.165) is 5.56 Å². The molecule has 2 aromatic rings. The second-order valence-electron chi connectivity index (χ2n) is 4.73. The molecule has 0 aromatic heterocycles. The maximum Gasteiger partial charge on any atom is 0.411 e. The predicted octanol–water partition coefficient (Wildman–Crippen LogP) is 3.76. The first-order valence-electron chi connectivity index (χ1n) is 6.41. The van der Waals surface area contributed by atoms with Crippen molar-refractivity contribution in [1.82, 2.24) is 0 Å². The summed E-state index contributed by atoms with van der Waals surface area (Å²) < 4.78 is 5.83. The van der Waals surface area contributed by atoms with E-state index in [0.29, 0.717) is 40.9 Å². The Morgan fingerprint density at radius 3 is 2.81 bits per heavy atom. The van der Waals surface area contributed by atoms with Gasteiger partial charge in [0.15, 0.2) is 0 Å². The van der Waals surface area contributed by atoms with Crippen LogP contribution in [-0.2, 0) is 6.42 Å². The SMILES string of the molecule is Nc1ccc(Oc2cccc3c2CCN3C(=O)O)c(Cl)c1. The van der Waals surface area contributed by atoms with E-state index >= 15 is 0 Å². The molecule has 0 aliphatic carbocycles. The molecule has 2 aromatic carbocycles. The van der Waals surface area contributed by atoms with Crippen LogP contribution in [-0.4, -0.2) is 17.7 Å². The Labute approximate surface area is 126 Å². The molecule has 1 heterocycles. The Bertz CT molecular complexity index is 718. The summed E-state index contributed by atoms with van der Waals surface area (Å²) in [4.78, 5) is 12.5. The molecule has 108 valence electrons. The minimum Gasteiger partial charge on any atom is -0.465 e. The van der Waals surface area contributed by atoms with Gasteiger partial charge >= 0.3 is 6.09 Å². The van der Waals surface area contributed by atoms with Gasteiger partial charge in [0.25, 0.3) is 0 Å². The van der Waals surface area contributed by atoms with Crippen LogP contribution >= 0.6 is 11.6 Å². The van der Waals surface area contributed by atoms with Crippen LogP contribution in [0, 0.1) is 0 Å². The van der Waals surface area contributed by atoms with Gasteiger partial charge in [0.2, 0.25) is 0 Å². The fourth-order valence-corrected chi connectivity index (χ4v) is 2.64. The van der Waals surface area contributed by atoms with Crippen LogP contribution < -0.4 is 15.4 Å². The van der Waals surface area contributed by atoms with Crippen molar-refractivity contribution in [2.75, 3.05) is 17.2 Å². The number of fused-ring (bicyclic) bond motifs is 1. The zero-order chi connectivity index (χ0) is 15.0. The van der Waals surface area contributed by atoms with Gasteiger partial charge in [-0.1, -0.05) is 17.7 Å². The number of carbonyl (C=O) groups is 1. The van der Waals surface area contributed by atoms with E-state index in [9.17, 15) is 4.79 Å². The van der Waals surface area contributed by atoms with Crippen molar-refractivity contribution >= 4 is 29.1 Å². The molecule has 3 rings (SSSR count). The topological polar surface area (TPSA) is 75.8 Å². The van der Waals surface area contributed by atoms with Gasteiger partial charge in [-0.3, -0.25) is 4.90 Å². The van der Waals surface area contributed by atoms with Crippen molar-refractivity contribution in [3.8, 4) is 11.5 Å². The third-order valence-corrected chi connectivity index (χ3v) is 3.69. The molecular weight excluding hydrogens is 292 g/mol. The van der Waals surface area contributed by atoms with Crippen molar-refractivity contribution < 1.29 is 14.6 Å². The van der Waals surface area contributed by atoms with E-state index < -0.39 is 6.09 Å². The van der Waals surface area contributed by atoms with Gasteiger partial charge in [-0.25, -0.2) is 4.79 Å². The molecule has 0 radical (unpaired) electrons. The smallest absolute Gasteiger partial charge is 0.411 e. The van der Waals surface area contributed by atoms with Gasteiger partial charge in [-0.05, 0) is 36.8 Å². The largest absolute Gasteiger partial charge is 0.465 e. The second kappa shape index (κ2) is 5.18. The number of hydrogen-bond donors (Lipinski definition) is 2. The van der Waals surface area contributed by atoms with Crippen molar-refractivity contribution in [2.24, 2.45) is 0 Å². The summed E-state index contributed by atoms with van der Waals surface area (Å²) in [5.41, 5.74) is 7.74. The zero-order valence-corrected chi connectivity index (χ0v) is 11.8. The molecule has 0 spiro atoms. The number of hydrogen-bond acceptors (Lipinski definition) is 3. The monoisotopic (exact) mass is 304 g/mol. The van der Waals surface area contributed by atoms with Crippen LogP contribution in [0.4, 0.5) is 16.2 Å². The lowest BCUT2D eigenvalue weighted by molar-refractivity contribution is 0.202. The number of ether oxygens (including phenoxy) is 1. The summed E-state index contributed by atoms with van der Waals surface area (Å²) in [7, 11) is 0. The Morgan fingerprint density at radius 1 is 1.29 bits per heavy atom. The maximum absolute atomic E-state index is 11.2. The first-order valence-corrected chi connectivity index (χ1v) is 6.79. The van der Waals surface area contributed by atoms with Gasteiger partial charge < -0.3 is 15.6 Å². The third-order valence-electron chi connectivity index (χ3n) is 3.39. The highest BCUT2D eigenvalue weighted by molar-refractivity contribution is 6.32. The normalized spacial score (nSPS) is 13.1. The van der Waals surface area contributed by atoms with E-state index in [1.54, 1.807) is 36.4 Å². The lowest BCUT2D eigenvalue weighted by Crippen LogP contribution is -2.26. The molecule has 5 nitrogen and oxygen atoms in total. The van der Waals surface area contributed by atoms with Gasteiger partial charge in [-0.2, -0.15) is 0 Å². The average molecular weight is 305 g/mol. The number of amides is 1. The van der Waals surface area contributed by atoms with E-state index in [1.807, 2.05) is 0 Å². The second-order valence-corrected chi connectivity index (χ2v) is 5.14. The van der Waals surface area contributed by atoms with Crippen LogP contribution in [0.3, 0.4) is 0 Å². The summed E-state index contributed by atoms with van der Waals surface area (Å²) >= 11 is 6.10. The number of benzene rings is 2. The maximum atomic E-state index is 11.2. The van der Waals surface area contributed by atoms with Crippen LogP contribution in [0.1, 0.15) is 5.56 Å². The standard InChI is InChI=1S/C15H13ClN2O3/c16-11-8-9(17)4-5-14(11)21-13-3-1-2-12-10(13)6-7-18(12)15(19)20/h1-5,8H,6-7,17H2,(H,19,20). The summed E-state index contributed by atoms with van der Waals surface area (Å²) in [6.45, 7) is 0.431. The van der Waals surface area contributed by atoms with Gasteiger partial charge in [0.05, 0.1) is 10.7 Å². The van der Waals surface area contributed by atoms with Crippen LogP contribution in [0.15, 0.2) is 36.4 Å². The Hall–Kier alpha value is -2.40. The van der Waals surface area contributed by atoms with E-state index in [2.05, 4.69) is 0 Å². The molecule has 1 amide bonds. The van der Waals surface area contributed by atoms with Gasteiger partial charge in [0.1, 0.15) is 11.5 Å². The van der Waals surface area contributed by atoms with Crippen molar-refractivity contribution in [1.29, 1.82) is 0 Å². The number of nitrogen functional groups attached to an aromatic ring is 1. The molecule has 3 N–H and O–H groups in total. The van der Waals surface area contributed by atoms with E-state index in [4.69, 9.17) is 27.2 Å². The summed E-state index contributed by atoms with van der Waals surface area (Å²) in [5.74, 6) is 1.11. The third kappa shape index (κ3) is 2.48. The molecule has 0 bridgehead atoms. The first kappa shape index (κ1) is 13.6. The molecule has 0 atom stereocenters. The van der Waals surface area contributed by atoms with Gasteiger partial charge in [-0.15, -0.1) is 0 Å². The fraction of sp³-hybridized carbons (Fsp3) is 0.133. The molecular formula is C15H13ClN2O3. The zero-order valence-electron chi connectivity index (χ0n) is 11.0. The number of halogens is 1. The molecule has 1 aliphatic heterocycles. The van der Waals surface area contributed by atoms with Gasteiger partial charge in [0, 0.05) is 17.8 Å². The molecule has 1 aliphatic rings. The van der Waals surface area contributed by atoms with Crippen LogP contribution in [0.25, 0.3) is 0 Å². The minimum atomic E-state index is -0.962. The number of rotatable bonds is 2. The molecule has 0 saturated carbocycles. The Morgan fingerprint density at radius 2 is 2.10 bits per heavy atom. The summed E-state index contributed by atoms with van der Waals surface area (Å²) in [5, 5.41) is 9.58. The Balaban J connectivity index is 1.96. The molecule has 6 heteroatoms. The lowest BCUT2D eigenvalue weighted by Gasteiger charge is -2.14. The molecule has 0 fully saturated rings. The molecule has 21 heavy (non-hydrogen) atoms. The lowest BCUT2D eigenvalue weighted by atomic mass is 10.1. The highest BCUT2D eigenvalue weighted by Gasteiger charge is 2.27. The fourth-order valence-electron chi connectivity index (χ4n) is 2.41. The van der Waals surface area contributed by atoms with E-state index in [-0.39, 0.29) is 0 Å². The number of nitrogens with two attached hydrogens (primary N) is 1. The van der Waals surface area contributed by atoms with Crippen molar-refractivity contribution in [3.63, 3.8) is 0 Å². The van der Waals surface area contributed by atoms with Crippen molar-refractivity contribution in [2.45, 2.75) is 6.42 Å². The summed E-state index contributed by atoms with van der Waals surface area (Å²) in [6, 6.07) is 10.4. The highest BCUT2D eigenvalue weighted by Crippen LogP contribution is 2.39. The Kier molecular flexibility index (Phi) is 3.35. The average Bonchev–Trinajstić information content (AvgIpc) is 2.87.